The Morgan fingerprint density at radius 1 is 0.970 bits per heavy atom. The number of fused-ring (bicyclic) bond motifs is 2. The van der Waals surface area contributed by atoms with Crippen LogP contribution in [0.25, 0.3) is 0 Å². The second-order valence-corrected chi connectivity index (χ2v) is 10.3. The van der Waals surface area contributed by atoms with Crippen LogP contribution < -0.4 is 15.4 Å². The summed E-state index contributed by atoms with van der Waals surface area (Å²) in [5.41, 5.74) is 5.56. The van der Waals surface area contributed by atoms with Crippen LogP contribution in [0.4, 0.5) is 23.7 Å². The molecule has 0 aromatic heterocycles. The second kappa shape index (κ2) is 9.34. The maximum absolute atomic E-state index is 12.7. The number of benzene rings is 2. The number of nitrogens with one attached hydrogen (secondary N) is 3. The van der Waals surface area contributed by atoms with E-state index in [2.05, 4.69) is 16.7 Å². The molecule has 3 N–H and O–H groups in total. The largest absolute Gasteiger partial charge is 0.401 e. The maximum atomic E-state index is 12.7. The Kier molecular flexibility index (Phi) is 6.67. The first-order valence-electron chi connectivity index (χ1n) is 10.9. The Bertz CT molecular complexity index is 1100. The summed E-state index contributed by atoms with van der Waals surface area (Å²) in [4.78, 5) is 12.7. The summed E-state index contributed by atoms with van der Waals surface area (Å²) in [5.74, 6) is -0.717. The van der Waals surface area contributed by atoms with Gasteiger partial charge in [-0.1, -0.05) is 36.4 Å². The van der Waals surface area contributed by atoms with Crippen molar-refractivity contribution >= 4 is 21.7 Å². The lowest BCUT2D eigenvalue weighted by atomic mass is 9.99. The van der Waals surface area contributed by atoms with E-state index < -0.39 is 40.6 Å². The van der Waals surface area contributed by atoms with Gasteiger partial charge in [-0.3, -0.25) is 0 Å². The standard InChI is InChI=1S/C23H26F3N3O3S/c24-23(25,26)14-27-20(15-6-2-1-3-7-15)13-33(31,32)29-22(30)28-21-18-10-4-8-16(18)12-17-9-5-11-19(17)21/h1-3,6-7,12,20,27H,4-5,8-11,13-14H2,(H2,28,29,30). The number of anilines is 1. The van der Waals surface area contributed by atoms with Gasteiger partial charge in [0.1, 0.15) is 0 Å². The molecule has 2 aromatic carbocycles. The first kappa shape index (κ1) is 23.6. The highest BCUT2D eigenvalue weighted by Crippen LogP contribution is 2.38. The van der Waals surface area contributed by atoms with Crippen molar-refractivity contribution in [2.45, 2.75) is 50.7 Å². The van der Waals surface area contributed by atoms with Gasteiger partial charge in [0.2, 0.25) is 10.0 Å². The first-order valence-corrected chi connectivity index (χ1v) is 12.6. The van der Waals surface area contributed by atoms with Gasteiger partial charge in [0, 0.05) is 11.7 Å². The molecule has 2 aromatic rings. The van der Waals surface area contributed by atoms with Crippen molar-refractivity contribution < 1.29 is 26.4 Å². The van der Waals surface area contributed by atoms with E-state index in [1.165, 1.54) is 11.1 Å². The van der Waals surface area contributed by atoms with Gasteiger partial charge in [-0.25, -0.2) is 17.9 Å². The molecule has 6 nitrogen and oxygen atoms in total. The minimum absolute atomic E-state index is 0.381. The van der Waals surface area contributed by atoms with Crippen molar-refractivity contribution in [3.63, 3.8) is 0 Å². The summed E-state index contributed by atoms with van der Waals surface area (Å²) in [6.45, 7) is -1.35. The van der Waals surface area contributed by atoms with E-state index in [1.807, 2.05) is 4.72 Å². The maximum Gasteiger partial charge on any atom is 0.401 e. The van der Waals surface area contributed by atoms with Gasteiger partial charge in [0.25, 0.3) is 0 Å². The lowest BCUT2D eigenvalue weighted by Crippen LogP contribution is -2.41. The molecule has 2 aliphatic rings. The minimum atomic E-state index is -4.50. The summed E-state index contributed by atoms with van der Waals surface area (Å²) in [6, 6.07) is 8.15. The number of aryl methyl sites for hydroxylation is 2. The molecule has 0 heterocycles. The van der Waals surface area contributed by atoms with Gasteiger partial charge >= 0.3 is 12.2 Å². The van der Waals surface area contributed by atoms with Crippen molar-refractivity contribution in [1.82, 2.24) is 10.0 Å². The third-order valence-electron chi connectivity index (χ3n) is 6.10. The number of alkyl halides is 3. The predicted octanol–water partition coefficient (Wildman–Crippen LogP) is 4.01. The molecule has 0 saturated heterocycles. The third kappa shape index (κ3) is 5.86. The van der Waals surface area contributed by atoms with E-state index in [0.717, 1.165) is 49.7 Å². The average molecular weight is 482 g/mol. The molecule has 2 amide bonds. The molecule has 1 atom stereocenters. The number of hydrogen-bond acceptors (Lipinski definition) is 4. The van der Waals surface area contributed by atoms with Crippen molar-refractivity contribution in [1.29, 1.82) is 0 Å². The molecule has 4 rings (SSSR count). The van der Waals surface area contributed by atoms with Crippen LogP contribution in [0.2, 0.25) is 0 Å². The lowest BCUT2D eigenvalue weighted by Gasteiger charge is -2.21. The fourth-order valence-corrected chi connectivity index (χ4v) is 5.87. The van der Waals surface area contributed by atoms with Crippen LogP contribution in [0.15, 0.2) is 36.4 Å². The molecular formula is C23H26F3N3O3S. The zero-order chi connectivity index (χ0) is 23.6. The topological polar surface area (TPSA) is 87.3 Å². The Morgan fingerprint density at radius 3 is 2.15 bits per heavy atom. The van der Waals surface area contributed by atoms with Crippen LogP contribution in [0, 0.1) is 0 Å². The Hall–Kier alpha value is -2.59. The summed E-state index contributed by atoms with van der Waals surface area (Å²) in [6.07, 6.45) is 0.967. The van der Waals surface area contributed by atoms with Crippen molar-refractivity contribution in [2.24, 2.45) is 0 Å². The van der Waals surface area contributed by atoms with Crippen LogP contribution in [-0.2, 0) is 35.7 Å². The minimum Gasteiger partial charge on any atom is -0.307 e. The highest BCUT2D eigenvalue weighted by molar-refractivity contribution is 7.90. The van der Waals surface area contributed by atoms with Gasteiger partial charge in [-0.15, -0.1) is 0 Å². The lowest BCUT2D eigenvalue weighted by molar-refractivity contribution is -0.126. The third-order valence-corrected chi connectivity index (χ3v) is 7.37. The van der Waals surface area contributed by atoms with Crippen LogP contribution in [-0.4, -0.2) is 32.9 Å². The van der Waals surface area contributed by atoms with E-state index in [9.17, 15) is 26.4 Å². The molecular weight excluding hydrogens is 455 g/mol. The molecule has 0 aliphatic heterocycles. The second-order valence-electron chi connectivity index (χ2n) is 8.53. The Morgan fingerprint density at radius 2 is 1.58 bits per heavy atom. The molecule has 10 heteroatoms. The molecule has 0 radical (unpaired) electrons. The Balaban J connectivity index is 1.48. The molecule has 178 valence electrons. The Labute approximate surface area is 191 Å². The van der Waals surface area contributed by atoms with Gasteiger partial charge in [0.05, 0.1) is 12.3 Å². The smallest absolute Gasteiger partial charge is 0.307 e. The fraction of sp³-hybridized carbons (Fsp3) is 0.435. The highest BCUT2D eigenvalue weighted by Gasteiger charge is 2.31. The van der Waals surface area contributed by atoms with E-state index >= 15 is 0 Å². The summed E-state index contributed by atoms with van der Waals surface area (Å²) in [5, 5.41) is 4.99. The molecule has 0 bridgehead atoms. The summed E-state index contributed by atoms with van der Waals surface area (Å²) < 4.78 is 65.6. The quantitative estimate of drug-likeness (QED) is 0.558. The number of sulfonamides is 1. The molecule has 0 saturated carbocycles. The van der Waals surface area contributed by atoms with Crippen molar-refractivity contribution in [2.75, 3.05) is 17.6 Å². The van der Waals surface area contributed by atoms with E-state index in [0.29, 0.717) is 11.3 Å². The highest BCUT2D eigenvalue weighted by atomic mass is 32.2. The molecule has 33 heavy (non-hydrogen) atoms. The molecule has 0 fully saturated rings. The van der Waals surface area contributed by atoms with Crippen LogP contribution in [0.3, 0.4) is 0 Å². The normalized spacial score (nSPS) is 16.2. The van der Waals surface area contributed by atoms with E-state index in [-0.39, 0.29) is 0 Å². The number of rotatable bonds is 7. The molecule has 2 aliphatic carbocycles. The van der Waals surface area contributed by atoms with Crippen LogP contribution in [0.1, 0.15) is 46.7 Å². The fourth-order valence-electron chi connectivity index (χ4n) is 4.71. The number of halogens is 3. The number of carbonyl (C=O) groups is 1. The van der Waals surface area contributed by atoms with Crippen LogP contribution in [0.5, 0.6) is 0 Å². The van der Waals surface area contributed by atoms with Crippen LogP contribution >= 0.6 is 0 Å². The van der Waals surface area contributed by atoms with Crippen molar-refractivity contribution in [3.8, 4) is 0 Å². The van der Waals surface area contributed by atoms with Gasteiger partial charge in [0.15, 0.2) is 0 Å². The molecule has 0 spiro atoms. The molecule has 1 unspecified atom stereocenters. The van der Waals surface area contributed by atoms with E-state index in [4.69, 9.17) is 0 Å². The zero-order valence-electron chi connectivity index (χ0n) is 18.0. The number of urea groups is 1. The van der Waals surface area contributed by atoms with Gasteiger partial charge in [-0.05, 0) is 66.3 Å². The van der Waals surface area contributed by atoms with Gasteiger partial charge in [-0.2, -0.15) is 13.2 Å². The monoisotopic (exact) mass is 481 g/mol. The van der Waals surface area contributed by atoms with Gasteiger partial charge < -0.3 is 10.6 Å². The van der Waals surface area contributed by atoms with Crippen molar-refractivity contribution in [3.05, 3.63) is 64.2 Å². The summed E-state index contributed by atoms with van der Waals surface area (Å²) in [7, 11) is -4.24. The number of amides is 2. The summed E-state index contributed by atoms with van der Waals surface area (Å²) >= 11 is 0. The SMILES string of the molecule is O=C(Nc1c2c(cc3c1CCC3)CCC2)NS(=O)(=O)CC(NCC(F)(F)F)c1ccccc1. The first-order chi connectivity index (χ1) is 15.6. The average Bonchev–Trinajstić information content (AvgIpc) is 3.40. The number of hydrogen-bond donors (Lipinski definition) is 3. The predicted molar refractivity (Wildman–Crippen MR) is 120 cm³/mol. The number of carbonyl (C=O) groups excluding carboxylic acids is 1. The van der Waals surface area contributed by atoms with E-state index in [1.54, 1.807) is 30.3 Å². The zero-order valence-corrected chi connectivity index (χ0v) is 18.8.